The molecule has 2 aromatic carbocycles. The minimum atomic E-state index is -3.73. The van der Waals surface area contributed by atoms with Crippen molar-refractivity contribution in [3.8, 4) is 5.75 Å². The number of nitrogens with zero attached hydrogens (tertiary/aromatic N) is 2. The predicted molar refractivity (Wildman–Crippen MR) is 129 cm³/mol. The van der Waals surface area contributed by atoms with Crippen molar-refractivity contribution in [1.29, 1.82) is 0 Å². The number of carbonyl (C=O) groups is 2. The van der Waals surface area contributed by atoms with E-state index in [4.69, 9.17) is 15.2 Å². The average Bonchev–Trinajstić information content (AvgIpc) is 2.76. The first-order chi connectivity index (χ1) is 15.9. The summed E-state index contributed by atoms with van der Waals surface area (Å²) in [5, 5.41) is 2.47. The van der Waals surface area contributed by atoms with Crippen LogP contribution in [0, 0.1) is 13.8 Å². The van der Waals surface area contributed by atoms with Crippen molar-refractivity contribution in [2.45, 2.75) is 25.3 Å². The van der Waals surface area contributed by atoms with Crippen LogP contribution in [0.15, 0.2) is 41.3 Å². The predicted octanol–water partition coefficient (Wildman–Crippen LogP) is 2.10. The van der Waals surface area contributed by atoms with Gasteiger partial charge < -0.3 is 25.4 Å². The fraction of sp³-hybridized carbons (Fsp3) is 0.391. The van der Waals surface area contributed by atoms with Gasteiger partial charge in [-0.3, -0.25) is 4.79 Å². The van der Waals surface area contributed by atoms with Crippen molar-refractivity contribution >= 4 is 27.6 Å². The minimum absolute atomic E-state index is 0.0665. The van der Waals surface area contributed by atoms with Crippen LogP contribution in [0.4, 0.5) is 10.5 Å². The third-order valence-electron chi connectivity index (χ3n) is 5.18. The highest BCUT2D eigenvalue weighted by atomic mass is 32.2. The summed E-state index contributed by atoms with van der Waals surface area (Å²) in [4.78, 5) is 25.0. The average molecular weight is 493 g/mol. The number of ether oxygens (including phenoxy) is 2. The Morgan fingerprint density at radius 3 is 2.18 bits per heavy atom. The number of anilines is 1. The van der Waals surface area contributed by atoms with Crippen LogP contribution in [0.1, 0.15) is 16.7 Å². The molecule has 11 heteroatoms. The molecule has 2 aromatic rings. The molecule has 0 bridgehead atoms. The smallest absolute Gasteiger partial charge is 0.316 e. The number of sulfonamides is 1. The van der Waals surface area contributed by atoms with E-state index in [9.17, 15) is 18.0 Å². The van der Waals surface area contributed by atoms with E-state index in [0.717, 1.165) is 5.56 Å². The molecule has 0 aliphatic carbocycles. The van der Waals surface area contributed by atoms with Crippen LogP contribution < -0.4 is 15.8 Å². The molecule has 34 heavy (non-hydrogen) atoms. The summed E-state index contributed by atoms with van der Waals surface area (Å²) < 4.78 is 37.9. The number of hydrogen-bond donors (Lipinski definition) is 2. The zero-order chi connectivity index (χ0) is 25.5. The number of methoxy groups -OCH3 is 1. The number of aryl methyl sites for hydroxylation is 2. The summed E-state index contributed by atoms with van der Waals surface area (Å²) in [7, 11) is 0.931. The second-order valence-electron chi connectivity index (χ2n) is 7.91. The first-order valence-electron chi connectivity index (χ1n) is 10.5. The summed E-state index contributed by atoms with van der Waals surface area (Å²) in [5.41, 5.74) is 7.70. The van der Waals surface area contributed by atoms with Crippen LogP contribution in [-0.4, -0.2) is 70.5 Å². The Kier molecular flexibility index (Phi) is 9.42. The number of hydrogen-bond acceptors (Lipinski definition) is 6. The van der Waals surface area contributed by atoms with Crippen LogP contribution >= 0.6 is 0 Å². The molecule has 0 saturated carbocycles. The first-order valence-corrected chi connectivity index (χ1v) is 12.0. The molecule has 2 rings (SSSR count). The molecule has 0 aliphatic heterocycles. The maximum absolute atomic E-state index is 13.0. The molecule has 0 aliphatic rings. The second-order valence-corrected chi connectivity index (χ2v) is 9.89. The number of likely N-dealkylation sites (N-methyl/N-ethyl adjacent to an activating group) is 2. The van der Waals surface area contributed by atoms with Gasteiger partial charge in [-0.15, -0.1) is 0 Å². The maximum Gasteiger partial charge on any atom is 0.316 e. The van der Waals surface area contributed by atoms with Crippen molar-refractivity contribution in [2.75, 3.05) is 46.3 Å². The number of carbonyl (C=O) groups excluding carboxylic acids is 2. The van der Waals surface area contributed by atoms with Gasteiger partial charge in [0.25, 0.3) is 0 Å². The normalized spacial score (nSPS) is 11.4. The van der Waals surface area contributed by atoms with E-state index in [-0.39, 0.29) is 30.6 Å². The van der Waals surface area contributed by atoms with Crippen molar-refractivity contribution in [3.05, 3.63) is 53.1 Å². The molecular formula is C23H32N4O6S. The van der Waals surface area contributed by atoms with Crippen molar-refractivity contribution < 1.29 is 27.5 Å². The Morgan fingerprint density at radius 2 is 1.65 bits per heavy atom. The van der Waals surface area contributed by atoms with Gasteiger partial charge in [-0.25, -0.2) is 13.2 Å². The number of nitrogens with one attached hydrogen (secondary N) is 1. The Balaban J connectivity index is 1.85. The Morgan fingerprint density at radius 1 is 1.06 bits per heavy atom. The van der Waals surface area contributed by atoms with Gasteiger partial charge in [0.2, 0.25) is 15.9 Å². The first kappa shape index (κ1) is 27.1. The number of urea groups is 1. The molecule has 10 nitrogen and oxygen atoms in total. The molecule has 0 spiro atoms. The van der Waals surface area contributed by atoms with Crippen molar-refractivity contribution in [1.82, 2.24) is 9.21 Å². The fourth-order valence-electron chi connectivity index (χ4n) is 3.37. The fourth-order valence-corrected chi connectivity index (χ4v) is 4.93. The largest absolute Gasteiger partial charge is 0.497 e. The second kappa shape index (κ2) is 11.8. The summed E-state index contributed by atoms with van der Waals surface area (Å²) >= 11 is 0. The Bertz CT molecular complexity index is 1100. The third-order valence-corrected chi connectivity index (χ3v) is 7.34. The van der Waals surface area contributed by atoms with Gasteiger partial charge in [-0.05, 0) is 54.8 Å². The Labute approximate surface area is 200 Å². The van der Waals surface area contributed by atoms with Gasteiger partial charge >= 0.3 is 6.03 Å². The van der Waals surface area contributed by atoms with Gasteiger partial charge in [0.1, 0.15) is 12.4 Å². The molecule has 0 unspecified atom stereocenters. The monoisotopic (exact) mass is 492 g/mol. The van der Waals surface area contributed by atoms with E-state index in [2.05, 4.69) is 5.32 Å². The van der Waals surface area contributed by atoms with E-state index in [0.29, 0.717) is 29.1 Å². The van der Waals surface area contributed by atoms with Gasteiger partial charge in [0, 0.05) is 32.9 Å². The lowest BCUT2D eigenvalue weighted by molar-refractivity contribution is -0.135. The molecule has 0 fully saturated rings. The van der Waals surface area contributed by atoms with Crippen molar-refractivity contribution in [3.63, 3.8) is 0 Å². The summed E-state index contributed by atoms with van der Waals surface area (Å²) in [6.45, 7) is 3.79. The van der Waals surface area contributed by atoms with Gasteiger partial charge in [0.15, 0.2) is 0 Å². The highest BCUT2D eigenvalue weighted by Gasteiger charge is 2.25. The Hall–Kier alpha value is -3.15. The number of benzene rings is 2. The van der Waals surface area contributed by atoms with E-state index < -0.39 is 16.1 Å². The number of primary amides is 1. The lowest BCUT2D eigenvalue weighted by Crippen LogP contribution is -2.33. The standard InChI is InChI=1S/C23H32N4O6S/c1-16-12-20(32-5)13-17(2)22(16)34(30,31)27(4)10-11-33-15-21(28)26(3)14-18-6-8-19(9-7-18)25-23(24)29/h6-9,12-13H,10-11,14-15H2,1-5H3,(H3,24,25,29). The van der Waals surface area contributed by atoms with Crippen LogP contribution in [0.2, 0.25) is 0 Å². The molecule has 3 N–H and O–H groups in total. The number of amides is 3. The van der Waals surface area contributed by atoms with E-state index >= 15 is 0 Å². The van der Waals surface area contributed by atoms with Crippen LogP contribution in [-0.2, 0) is 26.1 Å². The zero-order valence-corrected chi connectivity index (χ0v) is 20.9. The molecule has 0 atom stereocenters. The maximum atomic E-state index is 13.0. The van der Waals surface area contributed by atoms with E-state index in [1.807, 2.05) is 0 Å². The topological polar surface area (TPSA) is 131 Å². The summed E-state index contributed by atoms with van der Waals surface area (Å²) in [5.74, 6) is 0.354. The minimum Gasteiger partial charge on any atom is -0.497 e. The van der Waals surface area contributed by atoms with Gasteiger partial charge in [-0.2, -0.15) is 4.31 Å². The molecule has 0 aromatic heterocycles. The molecule has 3 amide bonds. The third kappa shape index (κ3) is 7.17. The lowest BCUT2D eigenvalue weighted by atomic mass is 10.1. The summed E-state index contributed by atoms with van der Waals surface area (Å²) in [6, 6.07) is 9.65. The molecular weight excluding hydrogens is 460 g/mol. The molecule has 0 heterocycles. The van der Waals surface area contributed by atoms with E-state index in [1.54, 1.807) is 57.3 Å². The van der Waals surface area contributed by atoms with Crippen LogP contribution in [0.3, 0.4) is 0 Å². The van der Waals surface area contributed by atoms with Crippen LogP contribution in [0.25, 0.3) is 0 Å². The molecule has 186 valence electrons. The highest BCUT2D eigenvalue weighted by molar-refractivity contribution is 7.89. The number of nitrogens with two attached hydrogens (primary N) is 1. The van der Waals surface area contributed by atoms with E-state index in [1.165, 1.54) is 23.4 Å². The molecule has 0 saturated heterocycles. The van der Waals surface area contributed by atoms with Crippen molar-refractivity contribution in [2.24, 2.45) is 5.73 Å². The summed E-state index contributed by atoms with van der Waals surface area (Å²) in [6.07, 6.45) is 0. The van der Waals surface area contributed by atoms with Gasteiger partial charge in [0.05, 0.1) is 18.6 Å². The van der Waals surface area contributed by atoms with Gasteiger partial charge in [-0.1, -0.05) is 12.1 Å². The molecule has 0 radical (unpaired) electrons. The van der Waals surface area contributed by atoms with Crippen LogP contribution in [0.5, 0.6) is 5.75 Å². The highest BCUT2D eigenvalue weighted by Crippen LogP contribution is 2.27. The zero-order valence-electron chi connectivity index (χ0n) is 20.1. The quantitative estimate of drug-likeness (QED) is 0.462. The lowest BCUT2D eigenvalue weighted by Gasteiger charge is -2.21. The number of rotatable bonds is 11. The SMILES string of the molecule is COc1cc(C)c(S(=O)(=O)N(C)CCOCC(=O)N(C)Cc2ccc(NC(N)=O)cc2)c(C)c1.